The van der Waals surface area contributed by atoms with Crippen LogP contribution in [-0.2, 0) is 9.59 Å². The van der Waals surface area contributed by atoms with Gasteiger partial charge in [-0.2, -0.15) is 0 Å². The summed E-state index contributed by atoms with van der Waals surface area (Å²) in [6.45, 7) is 2.10. The number of piperidine rings is 1. The number of carbonyl (C=O) groups is 2. The Kier molecular flexibility index (Phi) is 3.66. The third kappa shape index (κ3) is 2.60. The molecular weight excluding hydrogens is 220 g/mol. The number of rotatable bonds is 2. The fourth-order valence-electron chi connectivity index (χ4n) is 2.70. The van der Waals surface area contributed by atoms with Crippen LogP contribution >= 0.6 is 0 Å². The summed E-state index contributed by atoms with van der Waals surface area (Å²) in [5.41, 5.74) is 0. The lowest BCUT2D eigenvalue weighted by molar-refractivity contribution is -0.137. The Morgan fingerprint density at radius 1 is 1.47 bits per heavy atom. The van der Waals surface area contributed by atoms with Crippen LogP contribution in [0.4, 0.5) is 0 Å². The first kappa shape index (κ1) is 12.4. The Hall–Kier alpha value is -1.10. The largest absolute Gasteiger partial charge is 0.396 e. The average Bonchev–Trinajstić information content (AvgIpc) is 2.69. The number of aliphatic hydroxyl groups excluding tert-OH is 1. The van der Waals surface area contributed by atoms with E-state index < -0.39 is 0 Å². The molecule has 0 aliphatic carbocycles. The van der Waals surface area contributed by atoms with E-state index in [0.717, 1.165) is 19.4 Å². The summed E-state index contributed by atoms with van der Waals surface area (Å²) in [7, 11) is 1.74. The Morgan fingerprint density at radius 3 is 2.82 bits per heavy atom. The lowest BCUT2D eigenvalue weighted by atomic mass is 9.97. The maximum Gasteiger partial charge on any atom is 0.228 e. The molecule has 1 N–H and O–H groups in total. The standard InChI is InChI=1S/C12H20N2O3/c1-13-7-10(5-11(13)16)12(17)14-4-2-3-9(6-14)8-15/h9-10,15H,2-8H2,1H3. The summed E-state index contributed by atoms with van der Waals surface area (Å²) >= 11 is 0. The minimum Gasteiger partial charge on any atom is -0.396 e. The van der Waals surface area contributed by atoms with E-state index in [4.69, 9.17) is 5.11 Å². The number of likely N-dealkylation sites (tertiary alicyclic amines) is 2. The zero-order chi connectivity index (χ0) is 12.4. The Morgan fingerprint density at radius 2 is 2.24 bits per heavy atom. The molecule has 2 heterocycles. The van der Waals surface area contributed by atoms with Gasteiger partial charge in [-0.1, -0.05) is 0 Å². The van der Waals surface area contributed by atoms with Crippen molar-refractivity contribution in [2.24, 2.45) is 11.8 Å². The second-order valence-electron chi connectivity index (χ2n) is 5.15. The van der Waals surface area contributed by atoms with Crippen LogP contribution in [-0.4, -0.2) is 60.0 Å². The number of hydrogen-bond acceptors (Lipinski definition) is 3. The molecule has 0 bridgehead atoms. The molecule has 2 rings (SSSR count). The minimum absolute atomic E-state index is 0.0547. The summed E-state index contributed by atoms with van der Waals surface area (Å²) < 4.78 is 0. The third-order valence-electron chi connectivity index (χ3n) is 3.78. The first-order valence-electron chi connectivity index (χ1n) is 6.25. The monoisotopic (exact) mass is 240 g/mol. The molecule has 5 heteroatoms. The van der Waals surface area contributed by atoms with E-state index in [1.807, 2.05) is 4.90 Å². The molecule has 0 aromatic rings. The second-order valence-corrected chi connectivity index (χ2v) is 5.15. The van der Waals surface area contributed by atoms with Gasteiger partial charge < -0.3 is 14.9 Å². The predicted molar refractivity (Wildman–Crippen MR) is 62.1 cm³/mol. The fourth-order valence-corrected chi connectivity index (χ4v) is 2.70. The van der Waals surface area contributed by atoms with Crippen LogP contribution in [0.15, 0.2) is 0 Å². The molecule has 2 fully saturated rings. The predicted octanol–water partition coefficient (Wildman–Crippen LogP) is -0.304. The highest BCUT2D eigenvalue weighted by molar-refractivity contribution is 5.89. The highest BCUT2D eigenvalue weighted by Gasteiger charge is 2.35. The van der Waals surface area contributed by atoms with Crippen LogP contribution < -0.4 is 0 Å². The molecule has 2 aliphatic rings. The molecule has 17 heavy (non-hydrogen) atoms. The van der Waals surface area contributed by atoms with Crippen LogP contribution in [0, 0.1) is 11.8 Å². The van der Waals surface area contributed by atoms with E-state index in [2.05, 4.69) is 0 Å². The van der Waals surface area contributed by atoms with E-state index in [1.165, 1.54) is 0 Å². The van der Waals surface area contributed by atoms with Crippen molar-refractivity contribution < 1.29 is 14.7 Å². The summed E-state index contributed by atoms with van der Waals surface area (Å²) in [6, 6.07) is 0. The van der Waals surface area contributed by atoms with Crippen LogP contribution in [0.1, 0.15) is 19.3 Å². The molecule has 0 aromatic carbocycles. The van der Waals surface area contributed by atoms with Gasteiger partial charge in [-0.25, -0.2) is 0 Å². The van der Waals surface area contributed by atoms with E-state index in [9.17, 15) is 9.59 Å². The van der Waals surface area contributed by atoms with Crippen LogP contribution in [0.25, 0.3) is 0 Å². The van der Waals surface area contributed by atoms with Crippen LogP contribution in [0.2, 0.25) is 0 Å². The van der Waals surface area contributed by atoms with Crippen molar-refractivity contribution in [1.29, 1.82) is 0 Å². The maximum absolute atomic E-state index is 12.2. The minimum atomic E-state index is -0.176. The molecule has 2 aliphatic heterocycles. The highest BCUT2D eigenvalue weighted by atomic mass is 16.3. The molecule has 2 amide bonds. The third-order valence-corrected chi connectivity index (χ3v) is 3.78. The molecule has 96 valence electrons. The van der Waals surface area contributed by atoms with Crippen molar-refractivity contribution in [2.45, 2.75) is 19.3 Å². The van der Waals surface area contributed by atoms with Gasteiger partial charge in [0.1, 0.15) is 0 Å². The van der Waals surface area contributed by atoms with Gasteiger partial charge in [0.15, 0.2) is 0 Å². The molecule has 0 aromatic heterocycles. The van der Waals surface area contributed by atoms with Crippen molar-refractivity contribution in [1.82, 2.24) is 9.80 Å². The van der Waals surface area contributed by atoms with Crippen molar-refractivity contribution in [2.75, 3.05) is 33.3 Å². The zero-order valence-electron chi connectivity index (χ0n) is 10.3. The number of carbonyl (C=O) groups excluding carboxylic acids is 2. The average molecular weight is 240 g/mol. The zero-order valence-corrected chi connectivity index (χ0v) is 10.3. The van der Waals surface area contributed by atoms with Gasteiger partial charge in [-0.05, 0) is 18.8 Å². The lowest BCUT2D eigenvalue weighted by Gasteiger charge is -2.33. The van der Waals surface area contributed by atoms with E-state index >= 15 is 0 Å². The molecule has 0 spiro atoms. The van der Waals surface area contributed by atoms with Gasteiger partial charge in [0.05, 0.1) is 5.92 Å². The Labute approximate surface area is 101 Å². The van der Waals surface area contributed by atoms with Crippen molar-refractivity contribution >= 4 is 11.8 Å². The smallest absolute Gasteiger partial charge is 0.228 e. The quantitative estimate of drug-likeness (QED) is 0.720. The summed E-state index contributed by atoms with van der Waals surface area (Å²) in [4.78, 5) is 27.1. The number of hydrogen-bond donors (Lipinski definition) is 1. The van der Waals surface area contributed by atoms with Gasteiger partial charge in [-0.3, -0.25) is 9.59 Å². The van der Waals surface area contributed by atoms with Gasteiger partial charge >= 0.3 is 0 Å². The van der Waals surface area contributed by atoms with E-state index in [0.29, 0.717) is 19.5 Å². The van der Waals surface area contributed by atoms with Crippen molar-refractivity contribution in [3.63, 3.8) is 0 Å². The lowest BCUT2D eigenvalue weighted by Crippen LogP contribution is -2.44. The molecule has 2 saturated heterocycles. The first-order valence-corrected chi connectivity index (χ1v) is 6.25. The summed E-state index contributed by atoms with van der Waals surface area (Å²) in [5, 5.41) is 9.14. The SMILES string of the molecule is CN1CC(C(=O)N2CCCC(CO)C2)CC1=O. The number of amides is 2. The molecule has 2 unspecified atom stereocenters. The van der Waals surface area contributed by atoms with E-state index in [1.54, 1.807) is 11.9 Å². The van der Waals surface area contributed by atoms with Gasteiger partial charge in [-0.15, -0.1) is 0 Å². The summed E-state index contributed by atoms with van der Waals surface area (Å²) in [6.07, 6.45) is 2.28. The molecule has 5 nitrogen and oxygen atoms in total. The molecule has 0 radical (unpaired) electrons. The summed E-state index contributed by atoms with van der Waals surface area (Å²) in [5.74, 6) is 0.174. The van der Waals surface area contributed by atoms with Gasteiger partial charge in [0.2, 0.25) is 11.8 Å². The number of aliphatic hydroxyl groups is 1. The van der Waals surface area contributed by atoms with Crippen LogP contribution in [0.3, 0.4) is 0 Å². The number of nitrogens with zero attached hydrogens (tertiary/aromatic N) is 2. The normalized spacial score (nSPS) is 29.9. The van der Waals surface area contributed by atoms with Gasteiger partial charge in [0.25, 0.3) is 0 Å². The Bertz CT molecular complexity index is 319. The maximum atomic E-state index is 12.2. The van der Waals surface area contributed by atoms with Crippen molar-refractivity contribution in [3.05, 3.63) is 0 Å². The van der Waals surface area contributed by atoms with Crippen LogP contribution in [0.5, 0.6) is 0 Å². The Balaban J connectivity index is 1.93. The second kappa shape index (κ2) is 5.04. The van der Waals surface area contributed by atoms with E-state index in [-0.39, 0.29) is 30.3 Å². The first-order chi connectivity index (χ1) is 8.11. The highest BCUT2D eigenvalue weighted by Crippen LogP contribution is 2.22. The molecular formula is C12H20N2O3. The topological polar surface area (TPSA) is 60.9 Å². The molecule has 0 saturated carbocycles. The fraction of sp³-hybridized carbons (Fsp3) is 0.833. The van der Waals surface area contributed by atoms with Gasteiger partial charge in [0, 0.05) is 39.7 Å². The van der Waals surface area contributed by atoms with Crippen molar-refractivity contribution in [3.8, 4) is 0 Å². The molecule has 2 atom stereocenters.